The van der Waals surface area contributed by atoms with E-state index in [1.807, 2.05) is 0 Å². The summed E-state index contributed by atoms with van der Waals surface area (Å²) in [5.41, 5.74) is 0.244. The number of β-amino-alcohol motifs (C(OH)–C–C–N with tert-alkyl or cyclic N) is 1. The molecule has 2 heterocycles. The van der Waals surface area contributed by atoms with Crippen LogP contribution in [-0.2, 0) is 4.74 Å². The van der Waals surface area contributed by atoms with E-state index in [0.717, 1.165) is 52.4 Å². The number of hydrogen-bond acceptors (Lipinski definition) is 4. The van der Waals surface area contributed by atoms with Gasteiger partial charge in [-0.3, -0.25) is 0 Å². The molecule has 2 fully saturated rings. The second-order valence-electron chi connectivity index (χ2n) is 6.90. The quantitative estimate of drug-likeness (QED) is 0.725. The third kappa shape index (κ3) is 4.42. The Morgan fingerprint density at radius 2 is 2.30 bits per heavy atom. The Balaban J connectivity index is 1.89. The van der Waals surface area contributed by atoms with Crippen molar-refractivity contribution in [3.05, 3.63) is 0 Å². The van der Waals surface area contributed by atoms with Crippen molar-refractivity contribution in [2.24, 2.45) is 11.3 Å². The lowest BCUT2D eigenvalue weighted by Crippen LogP contribution is -2.53. The van der Waals surface area contributed by atoms with Gasteiger partial charge in [0.05, 0.1) is 12.7 Å². The number of ether oxygens (including phenoxy) is 1. The molecule has 0 aromatic rings. The molecule has 3 atom stereocenters. The van der Waals surface area contributed by atoms with Crippen molar-refractivity contribution in [1.29, 1.82) is 0 Å². The molecule has 2 aliphatic rings. The third-order valence-electron chi connectivity index (χ3n) is 4.89. The molecule has 0 aliphatic carbocycles. The molecule has 0 spiro atoms. The van der Waals surface area contributed by atoms with Gasteiger partial charge in [-0.1, -0.05) is 13.8 Å². The molecule has 2 N–H and O–H groups in total. The van der Waals surface area contributed by atoms with E-state index in [9.17, 15) is 5.11 Å². The zero-order valence-electron chi connectivity index (χ0n) is 13.2. The van der Waals surface area contributed by atoms with Crippen molar-refractivity contribution in [2.75, 3.05) is 45.9 Å². The van der Waals surface area contributed by atoms with Crippen LogP contribution in [0.5, 0.6) is 0 Å². The molecule has 0 saturated carbocycles. The van der Waals surface area contributed by atoms with Gasteiger partial charge in [0.2, 0.25) is 0 Å². The van der Waals surface area contributed by atoms with Crippen molar-refractivity contribution < 1.29 is 9.84 Å². The topological polar surface area (TPSA) is 44.7 Å². The molecular weight excluding hydrogens is 252 g/mol. The summed E-state index contributed by atoms with van der Waals surface area (Å²) in [6, 6.07) is 0. The third-order valence-corrected chi connectivity index (χ3v) is 4.89. The number of likely N-dealkylation sites (tertiary alicyclic amines) is 1. The van der Waals surface area contributed by atoms with Gasteiger partial charge < -0.3 is 20.1 Å². The van der Waals surface area contributed by atoms with E-state index >= 15 is 0 Å². The Morgan fingerprint density at radius 3 is 2.95 bits per heavy atom. The fourth-order valence-corrected chi connectivity index (χ4v) is 3.49. The van der Waals surface area contributed by atoms with Crippen molar-refractivity contribution in [3.8, 4) is 0 Å². The van der Waals surface area contributed by atoms with E-state index in [2.05, 4.69) is 24.1 Å². The van der Waals surface area contributed by atoms with Gasteiger partial charge in [0.15, 0.2) is 0 Å². The first-order valence-electron chi connectivity index (χ1n) is 8.34. The zero-order chi connectivity index (χ0) is 14.4. The number of hydrogen-bond donors (Lipinski definition) is 2. The van der Waals surface area contributed by atoms with Gasteiger partial charge in [0, 0.05) is 31.7 Å². The van der Waals surface area contributed by atoms with Crippen molar-refractivity contribution in [1.82, 2.24) is 10.2 Å². The van der Waals surface area contributed by atoms with Crippen molar-refractivity contribution in [2.45, 2.75) is 45.6 Å². The number of aliphatic hydroxyl groups excluding tert-OH is 1. The lowest BCUT2D eigenvalue weighted by molar-refractivity contribution is -0.0465. The van der Waals surface area contributed by atoms with Crippen LogP contribution in [0.2, 0.25) is 0 Å². The zero-order valence-corrected chi connectivity index (χ0v) is 13.2. The van der Waals surface area contributed by atoms with Crippen LogP contribution in [0.25, 0.3) is 0 Å². The molecule has 2 rings (SSSR count). The van der Waals surface area contributed by atoms with Crippen LogP contribution < -0.4 is 5.32 Å². The molecule has 0 amide bonds. The lowest BCUT2D eigenvalue weighted by atomic mass is 9.81. The average molecular weight is 284 g/mol. The Morgan fingerprint density at radius 1 is 1.45 bits per heavy atom. The predicted octanol–water partition coefficient (Wildman–Crippen LogP) is 1.49. The molecule has 0 aromatic carbocycles. The number of piperidine rings is 1. The second-order valence-corrected chi connectivity index (χ2v) is 6.90. The normalized spacial score (nSPS) is 36.1. The van der Waals surface area contributed by atoms with Crippen LogP contribution in [0.15, 0.2) is 0 Å². The Hall–Kier alpha value is -0.160. The minimum atomic E-state index is -0.158. The maximum atomic E-state index is 10.1. The average Bonchev–Trinajstić information content (AvgIpc) is 2.44. The second kappa shape index (κ2) is 7.74. The fraction of sp³-hybridized carbons (Fsp3) is 1.00. The molecule has 2 aliphatic heterocycles. The van der Waals surface area contributed by atoms with E-state index in [4.69, 9.17) is 4.74 Å². The van der Waals surface area contributed by atoms with Gasteiger partial charge >= 0.3 is 0 Å². The lowest BCUT2D eigenvalue weighted by Gasteiger charge is -2.44. The number of nitrogens with zero attached hydrogens (tertiary/aromatic N) is 1. The first-order valence-corrected chi connectivity index (χ1v) is 8.34. The summed E-state index contributed by atoms with van der Waals surface area (Å²) in [5.74, 6) is 0.447. The highest BCUT2D eigenvalue weighted by molar-refractivity contribution is 4.89. The smallest absolute Gasteiger partial charge is 0.0693 e. The predicted molar refractivity (Wildman–Crippen MR) is 81.9 cm³/mol. The molecule has 20 heavy (non-hydrogen) atoms. The van der Waals surface area contributed by atoms with E-state index in [1.54, 1.807) is 0 Å². The standard InChI is InChI=1S/C16H32N2O2/c1-3-7-17-11-16(6-4-9-20-13-16)12-18-8-5-14(2)15(19)10-18/h14-15,17,19H,3-13H2,1-2H3. The minimum absolute atomic E-state index is 0.158. The summed E-state index contributed by atoms with van der Waals surface area (Å²) in [6.07, 6.45) is 4.54. The van der Waals surface area contributed by atoms with Crippen LogP contribution in [0.3, 0.4) is 0 Å². The van der Waals surface area contributed by atoms with Crippen LogP contribution >= 0.6 is 0 Å². The maximum absolute atomic E-state index is 10.1. The van der Waals surface area contributed by atoms with Gasteiger partial charge in [0.25, 0.3) is 0 Å². The van der Waals surface area contributed by atoms with Crippen LogP contribution in [0.4, 0.5) is 0 Å². The van der Waals surface area contributed by atoms with Crippen LogP contribution in [0, 0.1) is 11.3 Å². The molecule has 3 unspecified atom stereocenters. The van der Waals surface area contributed by atoms with Gasteiger partial charge in [-0.15, -0.1) is 0 Å². The van der Waals surface area contributed by atoms with E-state index < -0.39 is 0 Å². The van der Waals surface area contributed by atoms with E-state index in [1.165, 1.54) is 19.3 Å². The number of aliphatic hydroxyl groups is 1. The van der Waals surface area contributed by atoms with Crippen molar-refractivity contribution in [3.63, 3.8) is 0 Å². The Bertz CT molecular complexity index is 280. The van der Waals surface area contributed by atoms with Crippen molar-refractivity contribution >= 4 is 0 Å². The Labute approximate surface area is 123 Å². The Kier molecular flexibility index (Phi) is 6.27. The maximum Gasteiger partial charge on any atom is 0.0693 e. The largest absolute Gasteiger partial charge is 0.392 e. The molecular formula is C16H32N2O2. The molecule has 0 bridgehead atoms. The number of rotatable bonds is 6. The summed E-state index contributed by atoms with van der Waals surface area (Å²) in [7, 11) is 0. The number of nitrogens with one attached hydrogen (secondary N) is 1. The van der Waals surface area contributed by atoms with Gasteiger partial charge in [-0.05, 0) is 44.7 Å². The van der Waals surface area contributed by atoms with Gasteiger partial charge in [-0.2, -0.15) is 0 Å². The molecule has 2 saturated heterocycles. The highest BCUT2D eigenvalue weighted by Gasteiger charge is 2.36. The van der Waals surface area contributed by atoms with Gasteiger partial charge in [0.1, 0.15) is 0 Å². The molecule has 0 aromatic heterocycles. The fourth-order valence-electron chi connectivity index (χ4n) is 3.49. The summed E-state index contributed by atoms with van der Waals surface area (Å²) in [5, 5.41) is 13.7. The van der Waals surface area contributed by atoms with E-state index in [-0.39, 0.29) is 11.5 Å². The van der Waals surface area contributed by atoms with Crippen LogP contribution in [-0.4, -0.2) is 62.0 Å². The van der Waals surface area contributed by atoms with Crippen LogP contribution in [0.1, 0.15) is 39.5 Å². The first-order chi connectivity index (χ1) is 9.65. The summed E-state index contributed by atoms with van der Waals surface area (Å²) in [4.78, 5) is 2.45. The van der Waals surface area contributed by atoms with Gasteiger partial charge in [-0.25, -0.2) is 0 Å². The monoisotopic (exact) mass is 284 g/mol. The summed E-state index contributed by atoms with van der Waals surface area (Å²) in [6.45, 7) is 11.3. The first kappa shape index (κ1) is 16.2. The minimum Gasteiger partial charge on any atom is -0.392 e. The highest BCUT2D eigenvalue weighted by Crippen LogP contribution is 2.31. The van der Waals surface area contributed by atoms with E-state index in [0.29, 0.717) is 5.92 Å². The highest BCUT2D eigenvalue weighted by atomic mass is 16.5. The summed E-state index contributed by atoms with van der Waals surface area (Å²) < 4.78 is 5.78. The summed E-state index contributed by atoms with van der Waals surface area (Å²) >= 11 is 0. The molecule has 4 heteroatoms. The molecule has 4 nitrogen and oxygen atoms in total. The molecule has 0 radical (unpaired) electrons. The molecule has 118 valence electrons. The SMILES string of the molecule is CCCNCC1(CN2CCC(C)C(O)C2)CCCOC1.